The second-order valence-electron chi connectivity index (χ2n) is 4.57. The summed E-state index contributed by atoms with van der Waals surface area (Å²) in [6, 6.07) is 0.758. The van der Waals surface area contributed by atoms with Crippen LogP contribution in [0.15, 0.2) is 4.42 Å². The van der Waals surface area contributed by atoms with Crippen LogP contribution >= 0.6 is 11.8 Å². The zero-order chi connectivity index (χ0) is 10.8. The van der Waals surface area contributed by atoms with Crippen molar-refractivity contribution in [2.75, 3.05) is 18.1 Å². The third kappa shape index (κ3) is 2.58. The summed E-state index contributed by atoms with van der Waals surface area (Å²) in [6.07, 6.45) is 4.71. The molecule has 16 heavy (non-hydrogen) atoms. The molecule has 2 fully saturated rings. The van der Waals surface area contributed by atoms with E-state index in [2.05, 4.69) is 15.5 Å². The van der Waals surface area contributed by atoms with E-state index >= 15 is 0 Å². The Morgan fingerprint density at radius 1 is 1.31 bits per heavy atom. The maximum absolute atomic E-state index is 5.69. The summed E-state index contributed by atoms with van der Waals surface area (Å²) in [6.45, 7) is 0.964. The summed E-state index contributed by atoms with van der Waals surface area (Å²) in [7, 11) is 0. The molecular formula is C11H17N3OS. The highest BCUT2D eigenvalue weighted by molar-refractivity contribution is 7.99. The van der Waals surface area contributed by atoms with Crippen molar-refractivity contribution in [2.24, 2.45) is 0 Å². The van der Waals surface area contributed by atoms with Crippen molar-refractivity contribution in [1.29, 1.82) is 0 Å². The van der Waals surface area contributed by atoms with E-state index in [1.54, 1.807) is 0 Å². The van der Waals surface area contributed by atoms with Gasteiger partial charge < -0.3 is 9.73 Å². The van der Waals surface area contributed by atoms with E-state index in [-0.39, 0.29) is 0 Å². The molecule has 1 aliphatic carbocycles. The van der Waals surface area contributed by atoms with E-state index in [1.165, 1.54) is 25.0 Å². The van der Waals surface area contributed by atoms with Crippen LogP contribution in [0.5, 0.6) is 0 Å². The van der Waals surface area contributed by atoms with E-state index in [0.717, 1.165) is 36.5 Å². The third-order valence-electron chi connectivity index (χ3n) is 3.11. The second kappa shape index (κ2) is 4.75. The molecule has 0 amide bonds. The van der Waals surface area contributed by atoms with Crippen LogP contribution in [-0.2, 0) is 6.42 Å². The number of rotatable bonds is 5. The second-order valence-corrected chi connectivity index (χ2v) is 5.72. The van der Waals surface area contributed by atoms with Gasteiger partial charge in [-0.25, -0.2) is 0 Å². The number of hydrogen-bond donors (Lipinski definition) is 1. The van der Waals surface area contributed by atoms with Crippen LogP contribution in [0.1, 0.15) is 37.0 Å². The predicted molar refractivity (Wildman–Crippen MR) is 63.7 cm³/mol. The van der Waals surface area contributed by atoms with Crippen molar-refractivity contribution in [1.82, 2.24) is 15.5 Å². The fraction of sp³-hybridized carbons (Fsp3) is 0.818. The molecule has 1 aliphatic heterocycles. The van der Waals surface area contributed by atoms with Gasteiger partial charge in [0.2, 0.25) is 11.8 Å². The van der Waals surface area contributed by atoms with Crippen LogP contribution in [0.4, 0.5) is 0 Å². The highest BCUT2D eigenvalue weighted by atomic mass is 32.2. The van der Waals surface area contributed by atoms with E-state index in [9.17, 15) is 0 Å². The van der Waals surface area contributed by atoms with E-state index in [4.69, 9.17) is 4.42 Å². The Morgan fingerprint density at radius 2 is 2.25 bits per heavy atom. The van der Waals surface area contributed by atoms with Gasteiger partial charge in [0.1, 0.15) is 0 Å². The molecule has 1 aromatic rings. The molecule has 0 bridgehead atoms. The quantitative estimate of drug-likeness (QED) is 0.845. The highest BCUT2D eigenvalue weighted by Crippen LogP contribution is 2.31. The molecule has 2 heterocycles. The monoisotopic (exact) mass is 239 g/mol. The molecule has 4 nitrogen and oxygen atoms in total. The summed E-state index contributed by atoms with van der Waals surface area (Å²) in [5.41, 5.74) is 0. The minimum Gasteiger partial charge on any atom is -0.425 e. The van der Waals surface area contributed by atoms with E-state index in [1.807, 2.05) is 11.8 Å². The van der Waals surface area contributed by atoms with Crippen LogP contribution in [-0.4, -0.2) is 34.3 Å². The number of aromatic nitrogens is 2. The van der Waals surface area contributed by atoms with Crippen molar-refractivity contribution in [3.8, 4) is 0 Å². The first-order valence-electron chi connectivity index (χ1n) is 6.05. The van der Waals surface area contributed by atoms with E-state index in [0.29, 0.717) is 5.92 Å². The Bertz CT molecular complexity index is 345. The molecule has 1 atom stereocenters. The maximum atomic E-state index is 5.69. The molecule has 5 heteroatoms. The van der Waals surface area contributed by atoms with E-state index < -0.39 is 0 Å². The van der Waals surface area contributed by atoms with Crippen molar-refractivity contribution in [2.45, 2.75) is 37.6 Å². The molecule has 1 aromatic heterocycles. The fourth-order valence-electron chi connectivity index (χ4n) is 1.93. The Labute approximate surface area is 99.6 Å². The lowest BCUT2D eigenvalue weighted by atomic mass is 10.1. The third-order valence-corrected chi connectivity index (χ3v) is 4.27. The number of nitrogens with one attached hydrogen (secondary N) is 1. The van der Waals surface area contributed by atoms with Gasteiger partial charge in [-0.1, -0.05) is 0 Å². The molecule has 2 aliphatic rings. The van der Waals surface area contributed by atoms with Crippen LogP contribution < -0.4 is 5.32 Å². The van der Waals surface area contributed by atoms with Gasteiger partial charge in [-0.3, -0.25) is 0 Å². The molecular weight excluding hydrogens is 222 g/mol. The summed E-state index contributed by atoms with van der Waals surface area (Å²) < 4.78 is 5.69. The maximum Gasteiger partial charge on any atom is 0.220 e. The number of thioether (sulfide) groups is 1. The largest absolute Gasteiger partial charge is 0.425 e. The zero-order valence-electron chi connectivity index (χ0n) is 9.32. The summed E-state index contributed by atoms with van der Waals surface area (Å²) in [4.78, 5) is 0. The van der Waals surface area contributed by atoms with Gasteiger partial charge in [-0.15, -0.1) is 10.2 Å². The van der Waals surface area contributed by atoms with Gasteiger partial charge in [0.15, 0.2) is 0 Å². The van der Waals surface area contributed by atoms with Crippen molar-refractivity contribution in [3.63, 3.8) is 0 Å². The van der Waals surface area contributed by atoms with Gasteiger partial charge in [0.05, 0.1) is 0 Å². The minimum absolute atomic E-state index is 0.502. The molecule has 1 saturated heterocycles. The Kier molecular flexibility index (Phi) is 3.15. The lowest BCUT2D eigenvalue weighted by Crippen LogP contribution is -2.19. The van der Waals surface area contributed by atoms with Gasteiger partial charge in [0, 0.05) is 30.7 Å². The van der Waals surface area contributed by atoms with Crippen LogP contribution in [0, 0.1) is 0 Å². The highest BCUT2D eigenvalue weighted by Gasteiger charge is 2.23. The Morgan fingerprint density at radius 3 is 3.00 bits per heavy atom. The normalized spacial score (nSPS) is 25.1. The average molecular weight is 239 g/mol. The summed E-state index contributed by atoms with van der Waals surface area (Å²) >= 11 is 1.98. The predicted octanol–water partition coefficient (Wildman–Crippen LogP) is 1.58. The summed E-state index contributed by atoms with van der Waals surface area (Å²) in [5.74, 6) is 4.52. The van der Waals surface area contributed by atoms with Crippen molar-refractivity contribution >= 4 is 11.8 Å². The van der Waals surface area contributed by atoms with Crippen LogP contribution in [0.3, 0.4) is 0 Å². The smallest absolute Gasteiger partial charge is 0.220 e. The zero-order valence-corrected chi connectivity index (χ0v) is 10.1. The number of nitrogens with zero attached hydrogens (tertiary/aromatic N) is 2. The standard InChI is InChI=1S/C11H17N3OS/c1-2-9(1)12-5-3-10-13-14-11(15-10)8-4-6-16-7-8/h8-9,12H,1-7H2. The van der Waals surface area contributed by atoms with Gasteiger partial charge >= 0.3 is 0 Å². The first kappa shape index (κ1) is 10.6. The SMILES string of the molecule is C(Cc1nnc(C2CCSC2)o1)NC1CC1. The average Bonchev–Trinajstić information content (AvgIpc) is 2.83. The minimum atomic E-state index is 0.502. The molecule has 3 rings (SSSR count). The number of hydrogen-bond acceptors (Lipinski definition) is 5. The van der Waals surface area contributed by atoms with Crippen molar-refractivity contribution < 1.29 is 4.42 Å². The Balaban J connectivity index is 1.50. The van der Waals surface area contributed by atoms with Gasteiger partial charge in [-0.2, -0.15) is 11.8 Å². The van der Waals surface area contributed by atoms with Crippen LogP contribution in [0.2, 0.25) is 0 Å². The summed E-state index contributed by atoms with van der Waals surface area (Å²) in [5, 5.41) is 11.7. The molecule has 1 saturated carbocycles. The first-order chi connectivity index (χ1) is 7.92. The lowest BCUT2D eigenvalue weighted by molar-refractivity contribution is 0.421. The molecule has 88 valence electrons. The van der Waals surface area contributed by atoms with Crippen molar-refractivity contribution in [3.05, 3.63) is 11.8 Å². The van der Waals surface area contributed by atoms with Gasteiger partial charge in [-0.05, 0) is 25.0 Å². The lowest BCUT2D eigenvalue weighted by Gasteiger charge is -2.00. The molecule has 1 N–H and O–H groups in total. The molecule has 0 radical (unpaired) electrons. The van der Waals surface area contributed by atoms with Gasteiger partial charge in [0.25, 0.3) is 0 Å². The molecule has 0 spiro atoms. The topological polar surface area (TPSA) is 51.0 Å². The molecule has 1 unspecified atom stereocenters. The van der Waals surface area contributed by atoms with Crippen LogP contribution in [0.25, 0.3) is 0 Å². The first-order valence-corrected chi connectivity index (χ1v) is 7.20. The fourth-order valence-corrected chi connectivity index (χ4v) is 3.14. The molecule has 0 aromatic carbocycles. The Hall–Kier alpha value is -0.550.